The van der Waals surface area contributed by atoms with Crippen molar-refractivity contribution in [3.63, 3.8) is 0 Å². The van der Waals surface area contributed by atoms with Gasteiger partial charge >= 0.3 is 5.37 Å². The number of hydrogen-bond acceptors (Lipinski definition) is 2. The summed E-state index contributed by atoms with van der Waals surface area (Å²) in [5, 5.41) is -0.760. The first kappa shape index (κ1) is 10.7. The molecule has 0 saturated carbocycles. The van der Waals surface area contributed by atoms with Crippen LogP contribution in [-0.4, -0.2) is 29.1 Å². The molecule has 0 aliphatic heterocycles. The molecule has 0 radical (unpaired) electrons. The van der Waals surface area contributed by atoms with E-state index in [2.05, 4.69) is 0 Å². The second kappa shape index (κ2) is 5.38. The molecule has 2 amide bonds. The number of nitrogens with zero attached hydrogens (tertiary/aromatic N) is 1. The first-order chi connectivity index (χ1) is 5.09. The molecule has 0 bridgehead atoms. The molecule has 0 atom stereocenters. The van der Waals surface area contributed by atoms with E-state index >= 15 is 0 Å². The van der Waals surface area contributed by atoms with Gasteiger partial charge in [0.05, 0.1) is 0 Å². The van der Waals surface area contributed by atoms with Crippen LogP contribution in [0.3, 0.4) is 0 Å². The van der Waals surface area contributed by atoms with Crippen molar-refractivity contribution in [3.8, 4) is 0 Å². The molecule has 5 heteroatoms. The van der Waals surface area contributed by atoms with Crippen molar-refractivity contribution in [2.75, 3.05) is 12.9 Å². The van der Waals surface area contributed by atoms with Gasteiger partial charge in [0.1, 0.15) is 0 Å². The summed E-state index contributed by atoms with van der Waals surface area (Å²) in [6.07, 6.45) is 0.827. The van der Waals surface area contributed by atoms with Crippen LogP contribution < -0.4 is 0 Å². The molecule has 64 valence electrons. The second-order valence-electron chi connectivity index (χ2n) is 2.00. The number of imide groups is 1. The topological polar surface area (TPSA) is 37.4 Å². The van der Waals surface area contributed by atoms with Crippen molar-refractivity contribution < 1.29 is 9.59 Å². The number of carbonyl (C=O) groups is 2. The molecule has 0 aromatic heterocycles. The van der Waals surface area contributed by atoms with E-state index in [0.717, 1.165) is 4.90 Å². The Kier molecular flexibility index (Phi) is 5.24. The summed E-state index contributed by atoms with van der Waals surface area (Å²) in [6.45, 7) is 0. The van der Waals surface area contributed by atoms with Gasteiger partial charge in [-0.25, -0.2) is 0 Å². The molecule has 0 fully saturated rings. The van der Waals surface area contributed by atoms with Crippen molar-refractivity contribution in [1.29, 1.82) is 0 Å². The zero-order valence-corrected chi connectivity index (χ0v) is 7.65. The predicted octanol–water partition coefficient (Wildman–Crippen LogP) is 1.82. The Balaban J connectivity index is 3.74. The Labute approximate surface area is 75.3 Å². The molecule has 0 aromatic rings. The van der Waals surface area contributed by atoms with Crippen molar-refractivity contribution >= 4 is 34.5 Å². The van der Waals surface area contributed by atoms with E-state index in [9.17, 15) is 9.59 Å². The molecule has 0 heterocycles. The highest BCUT2D eigenvalue weighted by Crippen LogP contribution is 2.00. The third-order valence-electron chi connectivity index (χ3n) is 1.16. The fourth-order valence-electron chi connectivity index (χ4n) is 0.484. The summed E-state index contributed by atoms with van der Waals surface area (Å²) in [4.78, 5) is 22.2. The van der Waals surface area contributed by atoms with Crippen molar-refractivity contribution in [1.82, 2.24) is 4.90 Å². The van der Waals surface area contributed by atoms with E-state index in [-0.39, 0.29) is 12.3 Å². The van der Waals surface area contributed by atoms with Crippen LogP contribution >= 0.6 is 23.2 Å². The van der Waals surface area contributed by atoms with Crippen LogP contribution in [0.4, 0.5) is 4.79 Å². The molecule has 0 unspecified atom stereocenters. The number of hydrogen-bond donors (Lipinski definition) is 0. The maximum atomic E-state index is 10.9. The molecule has 0 aliphatic rings. The third kappa shape index (κ3) is 4.22. The summed E-state index contributed by atoms with van der Waals surface area (Å²) < 4.78 is 0. The molecule has 0 saturated heterocycles. The lowest BCUT2D eigenvalue weighted by Gasteiger charge is -2.09. The van der Waals surface area contributed by atoms with Crippen LogP contribution in [0.25, 0.3) is 0 Å². The monoisotopic (exact) mass is 197 g/mol. The third-order valence-corrected chi connectivity index (χ3v) is 1.68. The average molecular weight is 198 g/mol. The quantitative estimate of drug-likeness (QED) is 0.394. The van der Waals surface area contributed by atoms with E-state index in [0.29, 0.717) is 12.3 Å². The molecular weight excluding hydrogens is 189 g/mol. The van der Waals surface area contributed by atoms with Gasteiger partial charge in [-0.05, 0) is 18.0 Å². The zero-order chi connectivity index (χ0) is 8.85. The highest BCUT2D eigenvalue weighted by atomic mass is 35.5. The molecule has 3 nitrogen and oxygen atoms in total. The summed E-state index contributed by atoms with van der Waals surface area (Å²) in [7, 11) is 1.34. The van der Waals surface area contributed by atoms with Crippen molar-refractivity contribution in [2.24, 2.45) is 0 Å². The van der Waals surface area contributed by atoms with E-state index in [1.54, 1.807) is 0 Å². The molecule has 0 spiro atoms. The zero-order valence-electron chi connectivity index (χ0n) is 6.14. The summed E-state index contributed by atoms with van der Waals surface area (Å²) in [6, 6.07) is 0. The number of rotatable bonds is 3. The van der Waals surface area contributed by atoms with Gasteiger partial charge in [0.15, 0.2) is 0 Å². The van der Waals surface area contributed by atoms with E-state index in [1.165, 1.54) is 7.05 Å². The smallest absolute Gasteiger partial charge is 0.274 e. The van der Waals surface area contributed by atoms with Crippen molar-refractivity contribution in [3.05, 3.63) is 0 Å². The number of amides is 2. The number of carbonyl (C=O) groups excluding carboxylic acids is 2. The highest BCUT2D eigenvalue weighted by molar-refractivity contribution is 6.63. The number of alkyl halides is 1. The molecule has 0 aromatic carbocycles. The Morgan fingerprint density at radius 2 is 2.00 bits per heavy atom. The lowest BCUT2D eigenvalue weighted by atomic mass is 10.3. The molecule has 0 rings (SSSR count). The van der Waals surface area contributed by atoms with Gasteiger partial charge in [-0.3, -0.25) is 14.5 Å². The van der Waals surface area contributed by atoms with Crippen LogP contribution in [0, 0.1) is 0 Å². The molecular formula is C6H9Cl2NO2. The van der Waals surface area contributed by atoms with E-state index in [4.69, 9.17) is 23.2 Å². The Bertz CT molecular complexity index is 161. The molecule has 0 aliphatic carbocycles. The lowest BCUT2D eigenvalue weighted by molar-refractivity contribution is -0.126. The number of halogens is 2. The maximum absolute atomic E-state index is 10.9. The first-order valence-electron chi connectivity index (χ1n) is 3.11. The van der Waals surface area contributed by atoms with Crippen molar-refractivity contribution in [2.45, 2.75) is 12.8 Å². The fraction of sp³-hybridized carbons (Fsp3) is 0.667. The van der Waals surface area contributed by atoms with Crippen LogP contribution in [0.5, 0.6) is 0 Å². The first-order valence-corrected chi connectivity index (χ1v) is 4.02. The molecule has 0 N–H and O–H groups in total. The van der Waals surface area contributed by atoms with Crippen LogP contribution in [0.15, 0.2) is 0 Å². The van der Waals surface area contributed by atoms with Gasteiger partial charge in [-0.2, -0.15) is 0 Å². The van der Waals surface area contributed by atoms with Crippen LogP contribution in [0.2, 0.25) is 0 Å². The van der Waals surface area contributed by atoms with Gasteiger partial charge in [0.2, 0.25) is 5.91 Å². The largest absolute Gasteiger partial charge is 0.322 e. The minimum Gasteiger partial charge on any atom is -0.274 e. The lowest BCUT2D eigenvalue weighted by Crippen LogP contribution is -2.28. The van der Waals surface area contributed by atoms with Gasteiger partial charge < -0.3 is 0 Å². The standard InChI is InChI=1S/C6H9Cl2NO2/c1-9(6(8)11)5(10)3-2-4-7/h2-4H2,1H3. The Hall–Kier alpha value is -0.280. The second-order valence-corrected chi connectivity index (χ2v) is 2.70. The normalized spacial score (nSPS) is 9.36. The Morgan fingerprint density at radius 3 is 2.36 bits per heavy atom. The Morgan fingerprint density at radius 1 is 1.45 bits per heavy atom. The van der Waals surface area contributed by atoms with Crippen LogP contribution in [-0.2, 0) is 4.79 Å². The van der Waals surface area contributed by atoms with E-state index in [1.807, 2.05) is 0 Å². The fourth-order valence-corrected chi connectivity index (χ4v) is 0.712. The van der Waals surface area contributed by atoms with Gasteiger partial charge in [-0.15, -0.1) is 11.6 Å². The average Bonchev–Trinajstić information content (AvgIpc) is 1.98. The SMILES string of the molecule is CN(C(=O)Cl)C(=O)CCCCl. The minimum atomic E-state index is -0.760. The summed E-state index contributed by atoms with van der Waals surface area (Å²) >= 11 is 10.4. The summed E-state index contributed by atoms with van der Waals surface area (Å²) in [5.74, 6) is 0.112. The van der Waals surface area contributed by atoms with Gasteiger partial charge in [0.25, 0.3) is 0 Å². The maximum Gasteiger partial charge on any atom is 0.322 e. The van der Waals surface area contributed by atoms with Gasteiger partial charge in [-0.1, -0.05) is 0 Å². The predicted molar refractivity (Wildman–Crippen MR) is 44.0 cm³/mol. The van der Waals surface area contributed by atoms with Crippen LogP contribution in [0.1, 0.15) is 12.8 Å². The highest BCUT2D eigenvalue weighted by Gasteiger charge is 2.12. The summed E-state index contributed by atoms with van der Waals surface area (Å²) in [5.41, 5.74) is 0. The van der Waals surface area contributed by atoms with E-state index < -0.39 is 5.37 Å². The molecule has 11 heavy (non-hydrogen) atoms. The van der Waals surface area contributed by atoms with Gasteiger partial charge in [0, 0.05) is 19.3 Å². The minimum absolute atomic E-state index is 0.262.